The molecule has 0 aromatic heterocycles. The number of carboxylic acids is 1. The van der Waals surface area contributed by atoms with Gasteiger partial charge in [-0.05, 0) is 32.1 Å². The number of aliphatic carboxylic acids is 1. The fourth-order valence-corrected chi connectivity index (χ4v) is 3.71. The third kappa shape index (κ3) is 35.0. The van der Waals surface area contributed by atoms with Crippen LogP contribution in [0.1, 0.15) is 96.8 Å². The second kappa shape index (κ2) is 34.0. The van der Waals surface area contributed by atoms with Crippen LogP contribution in [0.4, 0.5) is 0 Å². The molecule has 0 aliphatic carbocycles. The van der Waals surface area contributed by atoms with Gasteiger partial charge in [-0.3, -0.25) is 0 Å². The molecule has 0 amide bonds. The van der Waals surface area contributed by atoms with Crippen molar-refractivity contribution in [3.63, 3.8) is 0 Å². The summed E-state index contributed by atoms with van der Waals surface area (Å²) < 4.78 is 32.1. The zero-order valence-corrected chi connectivity index (χ0v) is 24.3. The molecule has 0 atom stereocenters. The van der Waals surface area contributed by atoms with Crippen molar-refractivity contribution in [2.45, 2.75) is 96.8 Å². The SMILES string of the molecule is CCCCCCCCC=CCCCCCCCCOCCOCCOCCOCCOCCOCC(=O)O. The first-order chi connectivity index (χ1) is 18.8. The third-order valence-electron chi connectivity index (χ3n) is 5.89. The largest absolute Gasteiger partial charge is 0.480 e. The van der Waals surface area contributed by atoms with Crippen LogP contribution in [0.2, 0.25) is 0 Å². The van der Waals surface area contributed by atoms with E-state index in [-0.39, 0.29) is 13.2 Å². The lowest BCUT2D eigenvalue weighted by Gasteiger charge is -2.08. The highest BCUT2D eigenvalue weighted by atomic mass is 16.6. The van der Waals surface area contributed by atoms with Crippen LogP contribution in [0.25, 0.3) is 0 Å². The van der Waals surface area contributed by atoms with E-state index in [1.807, 2.05) is 0 Å². The Morgan fingerprint density at radius 1 is 0.474 bits per heavy atom. The summed E-state index contributed by atoms with van der Waals surface area (Å²) in [6.07, 6.45) is 23.2. The van der Waals surface area contributed by atoms with Gasteiger partial charge in [0.1, 0.15) is 6.61 Å². The van der Waals surface area contributed by atoms with E-state index in [9.17, 15) is 4.79 Å². The fraction of sp³-hybridized carbons (Fsp3) is 0.900. The van der Waals surface area contributed by atoms with E-state index >= 15 is 0 Å². The van der Waals surface area contributed by atoms with Crippen LogP contribution in [-0.2, 0) is 33.2 Å². The number of rotatable bonds is 33. The van der Waals surface area contributed by atoms with Gasteiger partial charge in [0, 0.05) is 6.61 Å². The summed E-state index contributed by atoms with van der Waals surface area (Å²) in [6, 6.07) is 0. The molecule has 0 rings (SSSR count). The number of allylic oxidation sites excluding steroid dienone is 2. The average Bonchev–Trinajstić information content (AvgIpc) is 2.91. The predicted molar refractivity (Wildman–Crippen MR) is 152 cm³/mol. The van der Waals surface area contributed by atoms with E-state index in [2.05, 4.69) is 19.1 Å². The van der Waals surface area contributed by atoms with Crippen molar-refractivity contribution in [3.05, 3.63) is 12.2 Å². The van der Waals surface area contributed by atoms with Gasteiger partial charge < -0.3 is 33.5 Å². The Morgan fingerprint density at radius 3 is 1.24 bits per heavy atom. The fourth-order valence-electron chi connectivity index (χ4n) is 3.71. The van der Waals surface area contributed by atoms with Gasteiger partial charge in [0.05, 0.1) is 66.1 Å². The van der Waals surface area contributed by atoms with Crippen molar-refractivity contribution < 1.29 is 38.3 Å². The monoisotopic (exact) mass is 546 g/mol. The van der Waals surface area contributed by atoms with Crippen molar-refractivity contribution in [2.75, 3.05) is 79.3 Å². The van der Waals surface area contributed by atoms with Crippen molar-refractivity contribution in [2.24, 2.45) is 0 Å². The first kappa shape index (κ1) is 37.0. The van der Waals surface area contributed by atoms with Gasteiger partial charge >= 0.3 is 5.97 Å². The van der Waals surface area contributed by atoms with E-state index in [4.69, 9.17) is 33.5 Å². The number of ether oxygens (including phenoxy) is 6. The minimum Gasteiger partial charge on any atom is -0.480 e. The Morgan fingerprint density at radius 2 is 0.816 bits per heavy atom. The molecule has 0 heterocycles. The topological polar surface area (TPSA) is 92.7 Å². The quantitative estimate of drug-likeness (QED) is 0.0767. The maximum absolute atomic E-state index is 10.3. The van der Waals surface area contributed by atoms with Crippen LogP contribution in [0.3, 0.4) is 0 Å². The highest BCUT2D eigenvalue weighted by Crippen LogP contribution is 2.10. The molecule has 8 nitrogen and oxygen atoms in total. The first-order valence-electron chi connectivity index (χ1n) is 15.1. The van der Waals surface area contributed by atoms with Gasteiger partial charge in [-0.15, -0.1) is 0 Å². The van der Waals surface area contributed by atoms with Crippen LogP contribution in [0.5, 0.6) is 0 Å². The number of carbonyl (C=O) groups is 1. The molecule has 0 aromatic rings. The summed E-state index contributed by atoms with van der Waals surface area (Å²) in [5.74, 6) is -0.980. The molecule has 0 unspecified atom stereocenters. The molecule has 0 radical (unpaired) electrons. The molecule has 0 bridgehead atoms. The Balaban J connectivity index is 3.06. The molecule has 38 heavy (non-hydrogen) atoms. The first-order valence-corrected chi connectivity index (χ1v) is 15.1. The normalized spacial score (nSPS) is 11.6. The summed E-state index contributed by atoms with van der Waals surface area (Å²) in [5, 5.41) is 8.42. The summed E-state index contributed by atoms with van der Waals surface area (Å²) in [6.45, 7) is 7.64. The Labute approximate surface area is 232 Å². The summed E-state index contributed by atoms with van der Waals surface area (Å²) in [7, 11) is 0. The van der Waals surface area contributed by atoms with E-state index in [0.717, 1.165) is 13.0 Å². The van der Waals surface area contributed by atoms with Gasteiger partial charge in [-0.1, -0.05) is 76.9 Å². The summed E-state index contributed by atoms with van der Waals surface area (Å²) in [5.41, 5.74) is 0. The highest BCUT2D eigenvalue weighted by Gasteiger charge is 1.97. The van der Waals surface area contributed by atoms with Crippen LogP contribution in [0.15, 0.2) is 12.2 Å². The van der Waals surface area contributed by atoms with E-state index in [1.165, 1.54) is 83.5 Å². The highest BCUT2D eigenvalue weighted by molar-refractivity contribution is 5.67. The minimum absolute atomic E-state index is 0.262. The average molecular weight is 547 g/mol. The summed E-state index contributed by atoms with van der Waals surface area (Å²) in [4.78, 5) is 10.3. The Hall–Kier alpha value is -1.03. The zero-order valence-electron chi connectivity index (χ0n) is 24.3. The molecule has 1 N–H and O–H groups in total. The molecule has 0 saturated heterocycles. The molecule has 0 aliphatic rings. The molecule has 0 saturated carbocycles. The number of carboxylic acid groups (broad SMARTS) is 1. The van der Waals surface area contributed by atoms with Crippen molar-refractivity contribution in [1.29, 1.82) is 0 Å². The molecule has 226 valence electrons. The van der Waals surface area contributed by atoms with Crippen LogP contribution >= 0.6 is 0 Å². The van der Waals surface area contributed by atoms with Gasteiger partial charge in [0.2, 0.25) is 0 Å². The van der Waals surface area contributed by atoms with Gasteiger partial charge in [0.15, 0.2) is 0 Å². The minimum atomic E-state index is -0.980. The van der Waals surface area contributed by atoms with Crippen molar-refractivity contribution >= 4 is 5.97 Å². The molecular weight excluding hydrogens is 488 g/mol. The number of hydrogen-bond donors (Lipinski definition) is 1. The van der Waals surface area contributed by atoms with Crippen molar-refractivity contribution in [1.82, 2.24) is 0 Å². The number of hydrogen-bond acceptors (Lipinski definition) is 7. The van der Waals surface area contributed by atoms with E-state index in [0.29, 0.717) is 59.5 Å². The van der Waals surface area contributed by atoms with Crippen LogP contribution in [-0.4, -0.2) is 90.4 Å². The third-order valence-corrected chi connectivity index (χ3v) is 5.89. The molecule has 8 heteroatoms. The maximum Gasteiger partial charge on any atom is 0.329 e. The summed E-state index contributed by atoms with van der Waals surface area (Å²) >= 11 is 0. The lowest BCUT2D eigenvalue weighted by molar-refractivity contribution is -0.142. The Kier molecular flexibility index (Phi) is 33.1. The van der Waals surface area contributed by atoms with Crippen LogP contribution < -0.4 is 0 Å². The lowest BCUT2D eigenvalue weighted by Crippen LogP contribution is -2.15. The maximum atomic E-state index is 10.3. The second-order valence-corrected chi connectivity index (χ2v) is 9.45. The van der Waals surface area contributed by atoms with Crippen molar-refractivity contribution in [3.8, 4) is 0 Å². The Bertz CT molecular complexity index is 487. The zero-order chi connectivity index (χ0) is 27.6. The van der Waals surface area contributed by atoms with E-state index < -0.39 is 5.97 Å². The van der Waals surface area contributed by atoms with Gasteiger partial charge in [0.25, 0.3) is 0 Å². The standard InChI is InChI=1S/C30H58O8/c1-2-3-4-5-6-7-8-9-10-11-12-13-14-15-16-17-18-33-19-20-34-21-22-35-23-24-36-25-26-37-27-28-38-29-30(31)32/h9-10H,2-8,11-29H2,1H3,(H,31,32). The molecule has 0 fully saturated rings. The molecule has 0 aromatic carbocycles. The molecular formula is C30H58O8. The lowest BCUT2D eigenvalue weighted by atomic mass is 10.1. The number of unbranched alkanes of at least 4 members (excludes halogenated alkanes) is 12. The van der Waals surface area contributed by atoms with Gasteiger partial charge in [-0.2, -0.15) is 0 Å². The second-order valence-electron chi connectivity index (χ2n) is 9.45. The smallest absolute Gasteiger partial charge is 0.329 e. The molecule has 0 aliphatic heterocycles. The van der Waals surface area contributed by atoms with E-state index in [1.54, 1.807) is 0 Å². The predicted octanol–water partition coefficient (Wildman–Crippen LogP) is 6.21. The van der Waals surface area contributed by atoms with Crippen LogP contribution in [0, 0.1) is 0 Å². The molecule has 0 spiro atoms. The van der Waals surface area contributed by atoms with Gasteiger partial charge in [-0.25, -0.2) is 4.79 Å².